The molecule has 0 bridgehead atoms. The highest BCUT2D eigenvalue weighted by atomic mass is 15.1. The van der Waals surface area contributed by atoms with Gasteiger partial charge in [-0.15, -0.1) is 0 Å². The van der Waals surface area contributed by atoms with Gasteiger partial charge in [-0.1, -0.05) is 19.8 Å². The van der Waals surface area contributed by atoms with Crippen molar-refractivity contribution in [2.75, 3.05) is 19.6 Å². The van der Waals surface area contributed by atoms with Crippen LogP contribution < -0.4 is 0 Å². The van der Waals surface area contributed by atoms with Crippen LogP contribution in [0.4, 0.5) is 0 Å². The highest BCUT2D eigenvalue weighted by molar-refractivity contribution is 4.89. The normalized spacial score (nSPS) is 28.4. The first kappa shape index (κ1) is 9.51. The molecule has 1 nitrogen and oxygen atoms in total. The summed E-state index contributed by atoms with van der Waals surface area (Å²) in [6.45, 7) is 6.39. The number of piperidine rings is 1. The molecule has 0 aromatic carbocycles. The molecular formula is C12H23N. The van der Waals surface area contributed by atoms with Crippen molar-refractivity contribution in [3.05, 3.63) is 0 Å². The van der Waals surface area contributed by atoms with Gasteiger partial charge in [-0.3, -0.25) is 0 Å². The molecular weight excluding hydrogens is 158 g/mol. The smallest absolute Gasteiger partial charge is 0.00134 e. The Morgan fingerprint density at radius 3 is 2.15 bits per heavy atom. The molecule has 76 valence electrons. The summed E-state index contributed by atoms with van der Waals surface area (Å²) in [6, 6.07) is 0. The largest absolute Gasteiger partial charge is 0.303 e. The van der Waals surface area contributed by atoms with Gasteiger partial charge in [-0.2, -0.15) is 0 Å². The molecule has 1 heterocycles. The van der Waals surface area contributed by atoms with E-state index in [4.69, 9.17) is 0 Å². The van der Waals surface area contributed by atoms with Crippen molar-refractivity contribution in [1.82, 2.24) is 4.90 Å². The third-order valence-electron chi connectivity index (χ3n) is 4.12. The van der Waals surface area contributed by atoms with Crippen molar-refractivity contribution < 1.29 is 0 Å². The van der Waals surface area contributed by atoms with Gasteiger partial charge in [0.2, 0.25) is 0 Å². The van der Waals surface area contributed by atoms with Crippen LogP contribution in [0.15, 0.2) is 0 Å². The zero-order valence-electron chi connectivity index (χ0n) is 9.02. The maximum absolute atomic E-state index is 2.66. The van der Waals surface area contributed by atoms with Gasteiger partial charge < -0.3 is 4.90 Å². The maximum Gasteiger partial charge on any atom is -0.00134 e. The zero-order chi connectivity index (χ0) is 9.15. The molecule has 2 fully saturated rings. The number of rotatable bonds is 2. The van der Waals surface area contributed by atoms with Crippen LogP contribution in [0.1, 0.15) is 51.9 Å². The average molecular weight is 181 g/mol. The van der Waals surface area contributed by atoms with E-state index in [0.29, 0.717) is 0 Å². The molecule has 2 rings (SSSR count). The lowest BCUT2D eigenvalue weighted by molar-refractivity contribution is 0.109. The van der Waals surface area contributed by atoms with E-state index in [0.717, 1.165) is 5.41 Å². The minimum absolute atomic E-state index is 0.810. The van der Waals surface area contributed by atoms with Crippen LogP contribution >= 0.6 is 0 Å². The Labute approximate surface area is 82.5 Å². The molecule has 0 aromatic heterocycles. The Bertz CT molecular complexity index is 149. The summed E-state index contributed by atoms with van der Waals surface area (Å²) in [6.07, 6.45) is 10.4. The summed E-state index contributed by atoms with van der Waals surface area (Å²) in [4.78, 5) is 2.66. The van der Waals surface area contributed by atoms with Crippen LogP contribution in [0.25, 0.3) is 0 Å². The molecule has 1 aliphatic carbocycles. The highest BCUT2D eigenvalue weighted by Crippen LogP contribution is 2.45. The van der Waals surface area contributed by atoms with E-state index in [-0.39, 0.29) is 0 Å². The Morgan fingerprint density at radius 1 is 1.00 bits per heavy atom. The molecule has 0 amide bonds. The van der Waals surface area contributed by atoms with Crippen molar-refractivity contribution in [2.24, 2.45) is 5.41 Å². The highest BCUT2D eigenvalue weighted by Gasteiger charge is 2.36. The average Bonchev–Trinajstić information content (AvgIpc) is 2.59. The van der Waals surface area contributed by atoms with Crippen molar-refractivity contribution >= 4 is 0 Å². The Morgan fingerprint density at radius 2 is 1.62 bits per heavy atom. The summed E-state index contributed by atoms with van der Waals surface area (Å²) in [5, 5.41) is 0. The van der Waals surface area contributed by atoms with E-state index in [1.54, 1.807) is 0 Å². The zero-order valence-corrected chi connectivity index (χ0v) is 9.02. The summed E-state index contributed by atoms with van der Waals surface area (Å²) in [5.74, 6) is 0. The molecule has 1 saturated carbocycles. The van der Waals surface area contributed by atoms with E-state index in [2.05, 4.69) is 11.8 Å². The number of likely N-dealkylation sites (tertiary alicyclic amines) is 1. The molecule has 0 atom stereocenters. The minimum atomic E-state index is 0.810. The summed E-state index contributed by atoms with van der Waals surface area (Å²) in [7, 11) is 0. The van der Waals surface area contributed by atoms with Crippen LogP contribution in [0.3, 0.4) is 0 Å². The molecule has 0 unspecified atom stereocenters. The molecule has 0 aromatic rings. The van der Waals surface area contributed by atoms with E-state index in [9.17, 15) is 0 Å². The fourth-order valence-corrected chi connectivity index (χ4v) is 3.19. The first-order valence-corrected chi connectivity index (χ1v) is 6.07. The van der Waals surface area contributed by atoms with Gasteiger partial charge in [0.05, 0.1) is 0 Å². The molecule has 1 heteroatoms. The second-order valence-electron chi connectivity index (χ2n) is 5.05. The standard InChI is InChI=1S/C12H23N/c1-2-9-13-10-7-12(8-11-13)5-3-4-6-12/h2-11H2,1H3. The van der Waals surface area contributed by atoms with Gasteiger partial charge in [0.1, 0.15) is 0 Å². The van der Waals surface area contributed by atoms with Crippen LogP contribution in [-0.2, 0) is 0 Å². The van der Waals surface area contributed by atoms with Crippen molar-refractivity contribution in [1.29, 1.82) is 0 Å². The van der Waals surface area contributed by atoms with Gasteiger partial charge in [0.15, 0.2) is 0 Å². The van der Waals surface area contributed by atoms with Gasteiger partial charge in [-0.05, 0) is 57.2 Å². The molecule has 1 spiro atoms. The van der Waals surface area contributed by atoms with E-state index >= 15 is 0 Å². The predicted molar refractivity (Wildman–Crippen MR) is 56.9 cm³/mol. The molecule has 1 aliphatic heterocycles. The van der Waals surface area contributed by atoms with Crippen molar-refractivity contribution in [2.45, 2.75) is 51.9 Å². The second-order valence-corrected chi connectivity index (χ2v) is 5.05. The van der Waals surface area contributed by atoms with Crippen LogP contribution in [-0.4, -0.2) is 24.5 Å². The van der Waals surface area contributed by atoms with Gasteiger partial charge >= 0.3 is 0 Å². The quantitative estimate of drug-likeness (QED) is 0.633. The second kappa shape index (κ2) is 4.00. The van der Waals surface area contributed by atoms with Crippen molar-refractivity contribution in [3.63, 3.8) is 0 Å². The number of hydrogen-bond donors (Lipinski definition) is 0. The number of hydrogen-bond acceptors (Lipinski definition) is 1. The SMILES string of the molecule is CCCN1CCC2(CCCC2)CC1. The third kappa shape index (κ3) is 2.07. The Hall–Kier alpha value is -0.0400. The lowest BCUT2D eigenvalue weighted by atomic mass is 9.77. The molecule has 0 N–H and O–H groups in total. The predicted octanol–water partition coefficient (Wildman–Crippen LogP) is 3.05. The topological polar surface area (TPSA) is 3.24 Å². The van der Waals surface area contributed by atoms with Crippen LogP contribution in [0.2, 0.25) is 0 Å². The van der Waals surface area contributed by atoms with Gasteiger partial charge in [-0.25, -0.2) is 0 Å². The first-order valence-electron chi connectivity index (χ1n) is 6.07. The lowest BCUT2D eigenvalue weighted by Crippen LogP contribution is -2.39. The maximum atomic E-state index is 2.66. The lowest BCUT2D eigenvalue weighted by Gasteiger charge is -2.39. The molecule has 2 aliphatic rings. The summed E-state index contributed by atoms with van der Waals surface area (Å²) >= 11 is 0. The minimum Gasteiger partial charge on any atom is -0.303 e. The Balaban J connectivity index is 1.81. The van der Waals surface area contributed by atoms with E-state index in [1.807, 2.05) is 0 Å². The molecule has 0 radical (unpaired) electrons. The number of nitrogens with zero attached hydrogens (tertiary/aromatic N) is 1. The molecule has 13 heavy (non-hydrogen) atoms. The van der Waals surface area contributed by atoms with E-state index < -0.39 is 0 Å². The van der Waals surface area contributed by atoms with Crippen molar-refractivity contribution in [3.8, 4) is 0 Å². The van der Waals surface area contributed by atoms with Gasteiger partial charge in [0, 0.05) is 0 Å². The summed E-state index contributed by atoms with van der Waals surface area (Å²) in [5.41, 5.74) is 0.810. The van der Waals surface area contributed by atoms with Crippen LogP contribution in [0.5, 0.6) is 0 Å². The third-order valence-corrected chi connectivity index (χ3v) is 4.12. The monoisotopic (exact) mass is 181 g/mol. The van der Waals surface area contributed by atoms with Crippen LogP contribution in [0, 0.1) is 5.41 Å². The van der Waals surface area contributed by atoms with Gasteiger partial charge in [0.25, 0.3) is 0 Å². The van der Waals surface area contributed by atoms with E-state index in [1.165, 1.54) is 64.6 Å². The fourth-order valence-electron chi connectivity index (χ4n) is 3.19. The molecule has 1 saturated heterocycles. The Kier molecular flexibility index (Phi) is 2.92. The summed E-state index contributed by atoms with van der Waals surface area (Å²) < 4.78 is 0. The first-order chi connectivity index (χ1) is 6.35. The fraction of sp³-hybridized carbons (Fsp3) is 1.00.